The molecule has 18 heavy (non-hydrogen) atoms. The van der Waals surface area contributed by atoms with Crippen LogP contribution in [0.2, 0.25) is 0 Å². The number of aliphatic hydroxyl groups excluding tert-OH is 2. The fraction of sp³-hybridized carbons (Fsp3) is 1.00. The van der Waals surface area contributed by atoms with Gasteiger partial charge in [-0.05, 0) is 43.4 Å². The van der Waals surface area contributed by atoms with E-state index in [0.717, 1.165) is 31.6 Å². The van der Waals surface area contributed by atoms with E-state index in [1.54, 1.807) is 0 Å². The van der Waals surface area contributed by atoms with Crippen molar-refractivity contribution < 1.29 is 10.2 Å². The highest BCUT2D eigenvalue weighted by molar-refractivity contribution is 4.85. The number of hydrogen-bond acceptors (Lipinski definition) is 2. The molecular formula is C16H30O2. The van der Waals surface area contributed by atoms with Crippen molar-refractivity contribution in [1.82, 2.24) is 0 Å². The van der Waals surface area contributed by atoms with Crippen molar-refractivity contribution in [3.05, 3.63) is 0 Å². The molecule has 106 valence electrons. The van der Waals surface area contributed by atoms with Crippen molar-refractivity contribution in [3.8, 4) is 0 Å². The molecule has 2 rings (SSSR count). The molecule has 2 unspecified atom stereocenters. The maximum Gasteiger partial charge on any atom is 0.0829 e. The summed E-state index contributed by atoms with van der Waals surface area (Å²) in [7, 11) is 0. The van der Waals surface area contributed by atoms with Crippen LogP contribution in [0.4, 0.5) is 0 Å². The van der Waals surface area contributed by atoms with Crippen molar-refractivity contribution >= 4 is 0 Å². The van der Waals surface area contributed by atoms with Gasteiger partial charge in [-0.2, -0.15) is 0 Å². The Bertz CT molecular complexity index is 227. The summed E-state index contributed by atoms with van der Waals surface area (Å²) in [6.45, 7) is 2.26. The summed E-state index contributed by atoms with van der Waals surface area (Å²) in [5.74, 6) is 1.57. The summed E-state index contributed by atoms with van der Waals surface area (Å²) >= 11 is 0. The third-order valence-corrected chi connectivity index (χ3v) is 5.43. The molecule has 0 aromatic rings. The Labute approximate surface area is 112 Å². The van der Waals surface area contributed by atoms with E-state index >= 15 is 0 Å². The van der Waals surface area contributed by atoms with Gasteiger partial charge in [0.1, 0.15) is 0 Å². The first-order valence-electron chi connectivity index (χ1n) is 8.08. The summed E-state index contributed by atoms with van der Waals surface area (Å²) in [5, 5.41) is 20.8. The second kappa shape index (κ2) is 6.91. The molecule has 2 atom stereocenters. The zero-order chi connectivity index (χ0) is 13.0. The number of aliphatic hydroxyl groups is 2. The molecule has 2 N–H and O–H groups in total. The first kappa shape index (κ1) is 14.3. The molecule has 2 nitrogen and oxygen atoms in total. The Morgan fingerprint density at radius 1 is 0.778 bits per heavy atom. The lowest BCUT2D eigenvalue weighted by atomic mass is 9.74. The first-order valence-corrected chi connectivity index (χ1v) is 8.08. The molecule has 2 aliphatic carbocycles. The smallest absolute Gasteiger partial charge is 0.0829 e. The summed E-state index contributed by atoms with van der Waals surface area (Å²) in [6.07, 6.45) is 11.1. The molecule has 0 heterocycles. The fourth-order valence-corrected chi connectivity index (χ4v) is 3.97. The summed E-state index contributed by atoms with van der Waals surface area (Å²) < 4.78 is 0. The average Bonchev–Trinajstić information content (AvgIpc) is 2.47. The predicted molar refractivity (Wildman–Crippen MR) is 74.3 cm³/mol. The van der Waals surface area contributed by atoms with Gasteiger partial charge in [-0.25, -0.2) is 0 Å². The zero-order valence-electron chi connectivity index (χ0n) is 11.9. The Kier molecular flexibility index (Phi) is 5.50. The molecule has 0 aromatic heterocycles. The van der Waals surface area contributed by atoms with Gasteiger partial charge in [-0.3, -0.25) is 0 Å². The van der Waals surface area contributed by atoms with Gasteiger partial charge in [0, 0.05) is 0 Å². The molecular weight excluding hydrogens is 224 g/mol. The molecule has 2 saturated carbocycles. The van der Waals surface area contributed by atoms with Crippen molar-refractivity contribution in [2.45, 2.75) is 83.3 Å². The SMILES string of the molecule is CCC1CCC(C(O)C(O)C2CCCCC2)CC1. The van der Waals surface area contributed by atoms with Gasteiger partial charge in [0.25, 0.3) is 0 Å². The Hall–Kier alpha value is -0.0800. The van der Waals surface area contributed by atoms with Crippen LogP contribution in [0.25, 0.3) is 0 Å². The lowest BCUT2D eigenvalue weighted by molar-refractivity contribution is -0.0650. The predicted octanol–water partition coefficient (Wildman–Crippen LogP) is 3.50. The van der Waals surface area contributed by atoms with E-state index in [0.29, 0.717) is 11.8 Å². The zero-order valence-corrected chi connectivity index (χ0v) is 11.9. The highest BCUT2D eigenvalue weighted by atomic mass is 16.3. The van der Waals surface area contributed by atoms with Crippen molar-refractivity contribution in [2.24, 2.45) is 17.8 Å². The Balaban J connectivity index is 1.80. The molecule has 2 aliphatic rings. The lowest BCUT2D eigenvalue weighted by Gasteiger charge is -2.36. The van der Waals surface area contributed by atoms with Gasteiger partial charge in [0.2, 0.25) is 0 Å². The van der Waals surface area contributed by atoms with Gasteiger partial charge < -0.3 is 10.2 Å². The minimum atomic E-state index is -0.467. The monoisotopic (exact) mass is 254 g/mol. The third kappa shape index (κ3) is 3.48. The van der Waals surface area contributed by atoms with E-state index < -0.39 is 12.2 Å². The second-order valence-corrected chi connectivity index (χ2v) is 6.57. The molecule has 0 spiro atoms. The molecule has 0 aliphatic heterocycles. The number of hydrogen-bond donors (Lipinski definition) is 2. The van der Waals surface area contributed by atoms with E-state index in [4.69, 9.17) is 0 Å². The molecule has 0 saturated heterocycles. The van der Waals surface area contributed by atoms with E-state index in [1.807, 2.05) is 0 Å². The van der Waals surface area contributed by atoms with E-state index in [-0.39, 0.29) is 0 Å². The van der Waals surface area contributed by atoms with Crippen LogP contribution in [-0.4, -0.2) is 22.4 Å². The van der Waals surface area contributed by atoms with Gasteiger partial charge in [0.05, 0.1) is 12.2 Å². The summed E-state index contributed by atoms with van der Waals surface area (Å²) in [6, 6.07) is 0. The number of rotatable bonds is 4. The van der Waals surface area contributed by atoms with Crippen LogP contribution in [0.1, 0.15) is 71.1 Å². The summed E-state index contributed by atoms with van der Waals surface area (Å²) in [4.78, 5) is 0. The van der Waals surface area contributed by atoms with Crippen LogP contribution in [0.5, 0.6) is 0 Å². The molecule has 0 bridgehead atoms. The second-order valence-electron chi connectivity index (χ2n) is 6.57. The average molecular weight is 254 g/mol. The van der Waals surface area contributed by atoms with Gasteiger partial charge in [-0.1, -0.05) is 45.4 Å². The largest absolute Gasteiger partial charge is 0.390 e. The molecule has 0 aromatic carbocycles. The first-order chi connectivity index (χ1) is 8.72. The summed E-state index contributed by atoms with van der Waals surface area (Å²) in [5.41, 5.74) is 0. The lowest BCUT2D eigenvalue weighted by Crippen LogP contribution is -2.40. The van der Waals surface area contributed by atoms with E-state index in [9.17, 15) is 10.2 Å². The minimum Gasteiger partial charge on any atom is -0.390 e. The molecule has 0 radical (unpaired) electrons. The van der Waals surface area contributed by atoms with Crippen LogP contribution in [0, 0.1) is 17.8 Å². The van der Waals surface area contributed by atoms with Gasteiger partial charge in [0.15, 0.2) is 0 Å². The molecule has 2 fully saturated rings. The molecule has 0 amide bonds. The third-order valence-electron chi connectivity index (χ3n) is 5.43. The highest BCUT2D eigenvalue weighted by Gasteiger charge is 2.34. The van der Waals surface area contributed by atoms with E-state index in [1.165, 1.54) is 38.5 Å². The van der Waals surface area contributed by atoms with Crippen molar-refractivity contribution in [2.75, 3.05) is 0 Å². The minimum absolute atomic E-state index is 0.352. The van der Waals surface area contributed by atoms with Crippen LogP contribution in [-0.2, 0) is 0 Å². The highest BCUT2D eigenvalue weighted by Crippen LogP contribution is 2.36. The van der Waals surface area contributed by atoms with Crippen LogP contribution < -0.4 is 0 Å². The van der Waals surface area contributed by atoms with Crippen molar-refractivity contribution in [1.29, 1.82) is 0 Å². The standard InChI is InChI=1S/C16H30O2/c1-2-12-8-10-14(11-9-12)16(18)15(17)13-6-4-3-5-7-13/h12-18H,2-11H2,1H3. The van der Waals surface area contributed by atoms with Crippen LogP contribution in [0.3, 0.4) is 0 Å². The topological polar surface area (TPSA) is 40.5 Å². The molecule has 2 heteroatoms. The van der Waals surface area contributed by atoms with Crippen molar-refractivity contribution in [3.63, 3.8) is 0 Å². The maximum atomic E-state index is 10.4. The Morgan fingerprint density at radius 3 is 1.78 bits per heavy atom. The normalized spacial score (nSPS) is 34.2. The van der Waals surface area contributed by atoms with Crippen LogP contribution in [0.15, 0.2) is 0 Å². The fourth-order valence-electron chi connectivity index (χ4n) is 3.97. The Morgan fingerprint density at radius 2 is 1.28 bits per heavy atom. The van der Waals surface area contributed by atoms with E-state index in [2.05, 4.69) is 6.92 Å². The quantitative estimate of drug-likeness (QED) is 0.806. The maximum absolute atomic E-state index is 10.4. The van der Waals surface area contributed by atoms with Gasteiger partial charge in [-0.15, -0.1) is 0 Å². The van der Waals surface area contributed by atoms with Gasteiger partial charge >= 0.3 is 0 Å². The van der Waals surface area contributed by atoms with Crippen LogP contribution >= 0.6 is 0 Å².